The van der Waals surface area contributed by atoms with Crippen molar-refractivity contribution in [2.75, 3.05) is 20.0 Å². The number of rotatable bonds is 8. The molecule has 3 nitrogen and oxygen atoms in total. The summed E-state index contributed by atoms with van der Waals surface area (Å²) in [5.74, 6) is 2.12. The van der Waals surface area contributed by atoms with Crippen LogP contribution in [0.5, 0.6) is 11.5 Å². The summed E-state index contributed by atoms with van der Waals surface area (Å²) in [5.41, 5.74) is 3.64. The zero-order valence-electron chi connectivity index (χ0n) is 17.7. The average Bonchev–Trinajstić information content (AvgIpc) is 3.58. The maximum Gasteiger partial charge on any atom is 0.219 e. The summed E-state index contributed by atoms with van der Waals surface area (Å²) in [7, 11) is 1.69. The summed E-state index contributed by atoms with van der Waals surface area (Å²) in [6.07, 6.45) is 2.97. The predicted octanol–water partition coefficient (Wildman–Crippen LogP) is 6.36. The first-order chi connectivity index (χ1) is 15.1. The second-order valence-corrected chi connectivity index (χ2v) is 9.14. The molecule has 0 bridgehead atoms. The summed E-state index contributed by atoms with van der Waals surface area (Å²) < 4.78 is 17.8. The molecule has 3 aromatic carbocycles. The summed E-state index contributed by atoms with van der Waals surface area (Å²) >= 11 is 6.76. The SMILES string of the molecule is COc1ccc(C2(COC(=S)SC)CC2c2ccc(OCc3ccccc3)cc2)cc1. The van der Waals surface area contributed by atoms with Gasteiger partial charge in [0.05, 0.1) is 7.11 Å². The van der Waals surface area contributed by atoms with Gasteiger partial charge in [-0.3, -0.25) is 0 Å². The van der Waals surface area contributed by atoms with E-state index in [1.807, 2.05) is 36.6 Å². The van der Waals surface area contributed by atoms with Crippen LogP contribution in [0.2, 0.25) is 0 Å². The molecule has 31 heavy (non-hydrogen) atoms. The predicted molar refractivity (Wildman–Crippen MR) is 131 cm³/mol. The fraction of sp³-hybridized carbons (Fsp3) is 0.269. The zero-order chi connectivity index (χ0) is 21.7. The van der Waals surface area contributed by atoms with Crippen molar-refractivity contribution in [1.29, 1.82) is 0 Å². The fourth-order valence-electron chi connectivity index (χ4n) is 4.01. The van der Waals surface area contributed by atoms with Gasteiger partial charge in [0.25, 0.3) is 0 Å². The second kappa shape index (κ2) is 9.75. The highest BCUT2D eigenvalue weighted by Crippen LogP contribution is 2.61. The van der Waals surface area contributed by atoms with E-state index in [-0.39, 0.29) is 5.41 Å². The first-order valence-electron chi connectivity index (χ1n) is 10.3. The second-order valence-electron chi connectivity index (χ2n) is 7.73. The molecule has 0 aliphatic heterocycles. The number of hydrogen-bond donors (Lipinski definition) is 0. The highest BCUT2D eigenvalue weighted by Gasteiger charge is 2.56. The van der Waals surface area contributed by atoms with Crippen molar-refractivity contribution in [2.24, 2.45) is 0 Å². The minimum absolute atomic E-state index is 0.0710. The lowest BCUT2D eigenvalue weighted by atomic mass is 9.91. The molecule has 0 aromatic heterocycles. The van der Waals surface area contributed by atoms with Crippen LogP contribution in [-0.4, -0.2) is 24.4 Å². The maximum atomic E-state index is 5.94. The molecule has 0 amide bonds. The first kappa shape index (κ1) is 21.7. The largest absolute Gasteiger partial charge is 0.497 e. The number of ether oxygens (including phenoxy) is 3. The standard InChI is InChI=1S/C26H26O3S2/c1-27-22-14-10-21(11-15-22)26(18-29-25(30)31-2)16-24(26)20-8-12-23(13-9-20)28-17-19-6-4-3-5-7-19/h3-15,24H,16-18H2,1-2H3. The molecule has 0 spiro atoms. The van der Waals surface area contributed by atoms with Crippen LogP contribution in [0.4, 0.5) is 0 Å². The lowest BCUT2D eigenvalue weighted by Gasteiger charge is -2.19. The molecule has 0 N–H and O–H groups in total. The number of thiocarbonyl (C=S) groups is 1. The van der Waals surface area contributed by atoms with Crippen LogP contribution in [0.25, 0.3) is 0 Å². The van der Waals surface area contributed by atoms with Gasteiger partial charge in [0.1, 0.15) is 24.7 Å². The number of hydrogen-bond acceptors (Lipinski definition) is 5. The Morgan fingerprint density at radius 2 is 1.65 bits per heavy atom. The maximum absolute atomic E-state index is 5.94. The average molecular weight is 451 g/mol. The van der Waals surface area contributed by atoms with Gasteiger partial charge in [-0.2, -0.15) is 0 Å². The van der Waals surface area contributed by atoms with Crippen molar-refractivity contribution in [1.82, 2.24) is 0 Å². The van der Waals surface area contributed by atoms with Gasteiger partial charge in [0, 0.05) is 5.41 Å². The zero-order valence-corrected chi connectivity index (χ0v) is 19.4. The van der Waals surface area contributed by atoms with Gasteiger partial charge in [0.2, 0.25) is 4.38 Å². The minimum atomic E-state index is -0.0710. The lowest BCUT2D eigenvalue weighted by Crippen LogP contribution is -2.19. The highest BCUT2D eigenvalue weighted by atomic mass is 32.2. The van der Waals surface area contributed by atoms with Gasteiger partial charge < -0.3 is 14.2 Å². The van der Waals surface area contributed by atoms with Crippen molar-refractivity contribution < 1.29 is 14.2 Å². The van der Waals surface area contributed by atoms with E-state index in [9.17, 15) is 0 Å². The van der Waals surface area contributed by atoms with Crippen LogP contribution in [0.1, 0.15) is 29.0 Å². The van der Waals surface area contributed by atoms with Gasteiger partial charge >= 0.3 is 0 Å². The smallest absolute Gasteiger partial charge is 0.219 e. The molecule has 1 fully saturated rings. The molecular formula is C26H26O3S2. The van der Waals surface area contributed by atoms with Crippen molar-refractivity contribution in [3.8, 4) is 11.5 Å². The van der Waals surface area contributed by atoms with Crippen LogP contribution in [0.15, 0.2) is 78.9 Å². The Morgan fingerprint density at radius 1 is 0.968 bits per heavy atom. The Hall–Kier alpha value is -2.50. The molecular weight excluding hydrogens is 424 g/mol. The van der Waals surface area contributed by atoms with Gasteiger partial charge in [0.15, 0.2) is 0 Å². The van der Waals surface area contributed by atoms with Crippen LogP contribution in [-0.2, 0) is 16.8 Å². The Labute approximate surface area is 193 Å². The molecule has 1 aliphatic rings. The van der Waals surface area contributed by atoms with Crippen LogP contribution in [0, 0.1) is 0 Å². The van der Waals surface area contributed by atoms with Crippen LogP contribution < -0.4 is 9.47 Å². The van der Waals surface area contributed by atoms with Crippen LogP contribution in [0.3, 0.4) is 0 Å². The minimum Gasteiger partial charge on any atom is -0.497 e. The van der Waals surface area contributed by atoms with Crippen molar-refractivity contribution >= 4 is 28.4 Å². The van der Waals surface area contributed by atoms with Gasteiger partial charge in [-0.05, 0) is 71.8 Å². The van der Waals surface area contributed by atoms with E-state index < -0.39 is 0 Å². The van der Waals surface area contributed by atoms with Crippen molar-refractivity contribution in [3.05, 3.63) is 95.6 Å². The van der Waals surface area contributed by atoms with E-state index in [1.165, 1.54) is 22.9 Å². The normalized spacial score (nSPS) is 19.5. The van der Waals surface area contributed by atoms with Gasteiger partial charge in [-0.1, -0.05) is 66.4 Å². The molecule has 1 saturated carbocycles. The fourth-order valence-corrected chi connectivity index (χ4v) is 4.25. The molecule has 0 saturated heterocycles. The summed E-state index contributed by atoms with van der Waals surface area (Å²) in [5, 5.41) is 0. The summed E-state index contributed by atoms with van der Waals surface area (Å²) in [6, 6.07) is 27.0. The van der Waals surface area contributed by atoms with E-state index >= 15 is 0 Å². The number of thioether (sulfide) groups is 1. The summed E-state index contributed by atoms with van der Waals surface area (Å²) in [4.78, 5) is 0. The Bertz CT molecular complexity index is 1000. The van der Waals surface area contributed by atoms with Crippen molar-refractivity contribution in [3.63, 3.8) is 0 Å². The van der Waals surface area contributed by atoms with E-state index in [2.05, 4.69) is 48.5 Å². The van der Waals surface area contributed by atoms with E-state index in [1.54, 1.807) is 7.11 Å². The molecule has 4 rings (SSSR count). The number of benzene rings is 3. The Balaban J connectivity index is 1.48. The van der Waals surface area contributed by atoms with E-state index in [0.717, 1.165) is 23.5 Å². The molecule has 3 aromatic rings. The third-order valence-electron chi connectivity index (χ3n) is 5.89. The summed E-state index contributed by atoms with van der Waals surface area (Å²) in [6.45, 7) is 1.15. The molecule has 0 radical (unpaired) electrons. The monoisotopic (exact) mass is 450 g/mol. The topological polar surface area (TPSA) is 27.7 Å². The van der Waals surface area contributed by atoms with Gasteiger partial charge in [-0.15, -0.1) is 0 Å². The first-order valence-corrected chi connectivity index (χ1v) is 11.9. The quantitative estimate of drug-likeness (QED) is 0.372. The Kier molecular flexibility index (Phi) is 6.83. The molecule has 0 heterocycles. The molecule has 2 atom stereocenters. The van der Waals surface area contributed by atoms with Gasteiger partial charge in [-0.25, -0.2) is 0 Å². The van der Waals surface area contributed by atoms with E-state index in [4.69, 9.17) is 26.4 Å². The lowest BCUT2D eigenvalue weighted by molar-refractivity contribution is 0.276. The number of methoxy groups -OCH3 is 1. The molecule has 5 heteroatoms. The Morgan fingerprint density at radius 3 is 2.29 bits per heavy atom. The van der Waals surface area contributed by atoms with Crippen LogP contribution >= 0.6 is 24.0 Å². The molecule has 1 aliphatic carbocycles. The highest BCUT2D eigenvalue weighted by molar-refractivity contribution is 8.22. The van der Waals surface area contributed by atoms with E-state index in [0.29, 0.717) is 23.5 Å². The molecule has 160 valence electrons. The molecule has 2 unspecified atom stereocenters. The third-order valence-corrected chi connectivity index (χ3v) is 6.95. The van der Waals surface area contributed by atoms with Crippen molar-refractivity contribution in [2.45, 2.75) is 24.4 Å². The third kappa shape index (κ3) is 5.05.